The van der Waals surface area contributed by atoms with Crippen LogP contribution < -0.4 is 4.90 Å². The zero-order valence-corrected chi connectivity index (χ0v) is 9.32. The molecule has 0 aliphatic carbocycles. The zero-order chi connectivity index (χ0) is 10.1. The quantitative estimate of drug-likeness (QED) is 0.773. The maximum Gasteiger partial charge on any atom is 0.414 e. The van der Waals surface area contributed by atoms with Crippen LogP contribution in [-0.4, -0.2) is 18.7 Å². The molecule has 2 rings (SSSR count). The molecule has 1 aliphatic rings. The SMILES string of the molecule is CC1CN(c2ccc(Br)cc2)C(=O)O1. The third-order valence-corrected chi connectivity index (χ3v) is 2.63. The summed E-state index contributed by atoms with van der Waals surface area (Å²) in [5.74, 6) is 0. The molecule has 74 valence electrons. The first-order valence-corrected chi connectivity index (χ1v) is 5.20. The number of carbonyl (C=O) groups is 1. The van der Waals surface area contributed by atoms with Gasteiger partial charge in [-0.2, -0.15) is 0 Å². The molecule has 0 bridgehead atoms. The van der Waals surface area contributed by atoms with Gasteiger partial charge in [-0.25, -0.2) is 4.79 Å². The molecule has 0 aromatic heterocycles. The normalized spacial score (nSPS) is 21.1. The van der Waals surface area contributed by atoms with E-state index < -0.39 is 0 Å². The third-order valence-electron chi connectivity index (χ3n) is 2.10. The topological polar surface area (TPSA) is 29.5 Å². The molecule has 0 N–H and O–H groups in total. The highest BCUT2D eigenvalue weighted by molar-refractivity contribution is 9.10. The van der Waals surface area contributed by atoms with Crippen molar-refractivity contribution in [1.29, 1.82) is 0 Å². The molecule has 1 aliphatic heterocycles. The van der Waals surface area contributed by atoms with Crippen LogP contribution >= 0.6 is 15.9 Å². The number of hydrogen-bond acceptors (Lipinski definition) is 2. The van der Waals surface area contributed by atoms with E-state index in [2.05, 4.69) is 15.9 Å². The van der Waals surface area contributed by atoms with Crippen LogP contribution in [0.25, 0.3) is 0 Å². The number of benzene rings is 1. The van der Waals surface area contributed by atoms with Gasteiger partial charge in [0, 0.05) is 10.2 Å². The lowest BCUT2D eigenvalue weighted by molar-refractivity contribution is 0.150. The lowest BCUT2D eigenvalue weighted by Crippen LogP contribution is -2.23. The van der Waals surface area contributed by atoms with E-state index in [0.717, 1.165) is 10.2 Å². The van der Waals surface area contributed by atoms with Crippen molar-refractivity contribution in [3.8, 4) is 0 Å². The van der Waals surface area contributed by atoms with E-state index >= 15 is 0 Å². The second kappa shape index (κ2) is 3.61. The first kappa shape index (κ1) is 9.52. The molecule has 0 spiro atoms. The van der Waals surface area contributed by atoms with E-state index in [1.165, 1.54) is 0 Å². The summed E-state index contributed by atoms with van der Waals surface area (Å²) in [5.41, 5.74) is 0.877. The van der Waals surface area contributed by atoms with Gasteiger partial charge in [-0.3, -0.25) is 4.90 Å². The summed E-state index contributed by atoms with van der Waals surface area (Å²) in [6.45, 7) is 2.51. The second-order valence-electron chi connectivity index (χ2n) is 3.28. The van der Waals surface area contributed by atoms with Gasteiger partial charge < -0.3 is 4.74 Å². The van der Waals surface area contributed by atoms with Crippen molar-refractivity contribution >= 4 is 27.7 Å². The van der Waals surface area contributed by atoms with Gasteiger partial charge in [0.15, 0.2) is 0 Å². The van der Waals surface area contributed by atoms with E-state index in [4.69, 9.17) is 4.74 Å². The number of carbonyl (C=O) groups excluding carboxylic acids is 1. The largest absolute Gasteiger partial charge is 0.444 e. The van der Waals surface area contributed by atoms with Gasteiger partial charge in [-0.1, -0.05) is 15.9 Å². The standard InChI is InChI=1S/C10H10BrNO2/c1-7-6-12(10(13)14-7)9-4-2-8(11)3-5-9/h2-5,7H,6H2,1H3. The van der Waals surface area contributed by atoms with Crippen molar-refractivity contribution in [1.82, 2.24) is 0 Å². The molecule has 1 heterocycles. The average Bonchev–Trinajstić information content (AvgIpc) is 2.47. The Labute approximate surface area is 90.8 Å². The fourth-order valence-corrected chi connectivity index (χ4v) is 1.70. The Morgan fingerprint density at radius 2 is 2.07 bits per heavy atom. The smallest absolute Gasteiger partial charge is 0.414 e. The first-order valence-electron chi connectivity index (χ1n) is 4.40. The number of anilines is 1. The molecule has 1 aromatic rings. The Morgan fingerprint density at radius 3 is 2.57 bits per heavy atom. The maximum absolute atomic E-state index is 11.4. The number of nitrogens with zero attached hydrogens (tertiary/aromatic N) is 1. The van der Waals surface area contributed by atoms with Gasteiger partial charge in [-0.15, -0.1) is 0 Å². The number of cyclic esters (lactones) is 1. The molecule has 14 heavy (non-hydrogen) atoms. The molecular weight excluding hydrogens is 246 g/mol. The minimum atomic E-state index is -0.264. The Bertz CT molecular complexity index is 350. The van der Waals surface area contributed by atoms with Gasteiger partial charge in [0.2, 0.25) is 0 Å². The van der Waals surface area contributed by atoms with E-state index in [9.17, 15) is 4.79 Å². The number of halogens is 1. The van der Waals surface area contributed by atoms with Crippen molar-refractivity contribution in [3.63, 3.8) is 0 Å². The fourth-order valence-electron chi connectivity index (χ4n) is 1.44. The fraction of sp³-hybridized carbons (Fsp3) is 0.300. The molecule has 1 atom stereocenters. The minimum Gasteiger partial charge on any atom is -0.444 e. The van der Waals surface area contributed by atoms with Crippen LogP contribution in [0, 0.1) is 0 Å². The molecule has 0 saturated carbocycles. The van der Waals surface area contributed by atoms with Crippen LogP contribution in [0.15, 0.2) is 28.7 Å². The number of rotatable bonds is 1. The van der Waals surface area contributed by atoms with Crippen LogP contribution in [0.1, 0.15) is 6.92 Å². The number of hydrogen-bond donors (Lipinski definition) is 0. The highest BCUT2D eigenvalue weighted by Crippen LogP contribution is 2.23. The second-order valence-corrected chi connectivity index (χ2v) is 4.20. The monoisotopic (exact) mass is 255 g/mol. The Hall–Kier alpha value is -1.03. The van der Waals surface area contributed by atoms with E-state index in [-0.39, 0.29) is 12.2 Å². The predicted molar refractivity (Wildman–Crippen MR) is 57.4 cm³/mol. The highest BCUT2D eigenvalue weighted by Gasteiger charge is 2.28. The zero-order valence-electron chi connectivity index (χ0n) is 7.74. The van der Waals surface area contributed by atoms with Crippen LogP contribution in [0.3, 0.4) is 0 Å². The summed E-state index contributed by atoms with van der Waals surface area (Å²) < 4.78 is 6.04. The number of amides is 1. The van der Waals surface area contributed by atoms with E-state index in [1.54, 1.807) is 4.90 Å². The van der Waals surface area contributed by atoms with Crippen LogP contribution in [0.5, 0.6) is 0 Å². The lowest BCUT2D eigenvalue weighted by atomic mass is 10.3. The maximum atomic E-state index is 11.4. The van der Waals surface area contributed by atoms with Gasteiger partial charge in [0.25, 0.3) is 0 Å². The van der Waals surface area contributed by atoms with Gasteiger partial charge in [0.05, 0.1) is 6.54 Å². The van der Waals surface area contributed by atoms with E-state index in [0.29, 0.717) is 6.54 Å². The highest BCUT2D eigenvalue weighted by atomic mass is 79.9. The van der Waals surface area contributed by atoms with Crippen LogP contribution in [0.4, 0.5) is 10.5 Å². The van der Waals surface area contributed by atoms with Crippen LogP contribution in [-0.2, 0) is 4.74 Å². The third kappa shape index (κ3) is 1.75. The van der Waals surface area contributed by atoms with Crippen molar-refractivity contribution < 1.29 is 9.53 Å². The van der Waals surface area contributed by atoms with Gasteiger partial charge >= 0.3 is 6.09 Å². The van der Waals surface area contributed by atoms with Gasteiger partial charge in [-0.05, 0) is 31.2 Å². The predicted octanol–water partition coefficient (Wildman–Crippen LogP) is 2.79. The summed E-state index contributed by atoms with van der Waals surface area (Å²) in [5, 5.41) is 0. The molecule has 1 unspecified atom stereocenters. The summed E-state index contributed by atoms with van der Waals surface area (Å²) in [4.78, 5) is 13.0. The summed E-state index contributed by atoms with van der Waals surface area (Å²) in [6, 6.07) is 7.60. The molecule has 4 heteroatoms. The Kier molecular flexibility index (Phi) is 2.46. The van der Waals surface area contributed by atoms with Crippen LogP contribution in [0.2, 0.25) is 0 Å². The van der Waals surface area contributed by atoms with Crippen molar-refractivity contribution in [3.05, 3.63) is 28.7 Å². The van der Waals surface area contributed by atoms with Crippen molar-refractivity contribution in [2.45, 2.75) is 13.0 Å². The first-order chi connectivity index (χ1) is 6.66. The van der Waals surface area contributed by atoms with E-state index in [1.807, 2.05) is 31.2 Å². The summed E-state index contributed by atoms with van der Waals surface area (Å²) >= 11 is 3.35. The lowest BCUT2D eigenvalue weighted by Gasteiger charge is -2.12. The molecule has 1 aromatic carbocycles. The van der Waals surface area contributed by atoms with Gasteiger partial charge in [0.1, 0.15) is 6.10 Å². The Balaban J connectivity index is 2.23. The molecule has 1 saturated heterocycles. The minimum absolute atomic E-state index is 0.0221. The number of ether oxygens (including phenoxy) is 1. The molecule has 1 fully saturated rings. The van der Waals surface area contributed by atoms with Crippen molar-refractivity contribution in [2.24, 2.45) is 0 Å². The average molecular weight is 256 g/mol. The summed E-state index contributed by atoms with van der Waals surface area (Å²) in [7, 11) is 0. The van der Waals surface area contributed by atoms with Crippen molar-refractivity contribution in [2.75, 3.05) is 11.4 Å². The summed E-state index contributed by atoms with van der Waals surface area (Å²) in [6.07, 6.45) is -0.286. The molecule has 1 amide bonds. The molecule has 0 radical (unpaired) electrons. The molecule has 3 nitrogen and oxygen atoms in total. The molecular formula is C10H10BrNO2. The Morgan fingerprint density at radius 1 is 1.43 bits per heavy atom.